The fraction of sp³-hybridized carbons (Fsp3) is 0.400. The lowest BCUT2D eigenvalue weighted by Crippen LogP contribution is -2.40. The molecule has 7 heteroatoms. The molecule has 3 rings (SSSR count). The third-order valence-corrected chi connectivity index (χ3v) is 4.39. The minimum Gasteiger partial charge on any atom is -0.445 e. The molecule has 2 N–H and O–H groups in total. The molecule has 1 amide bonds. The number of piperidine rings is 1. The maximum Gasteiger partial charge on any atom is 0.410 e. The van der Waals surface area contributed by atoms with Crippen molar-refractivity contribution < 1.29 is 18.7 Å². The summed E-state index contributed by atoms with van der Waals surface area (Å²) in [5, 5.41) is 3.17. The number of rotatable bonds is 5. The van der Waals surface area contributed by atoms with Crippen LogP contribution in [-0.2, 0) is 11.3 Å². The Morgan fingerprint density at radius 2 is 2.00 bits per heavy atom. The van der Waals surface area contributed by atoms with Gasteiger partial charge in [0, 0.05) is 19.3 Å². The molecule has 27 heavy (non-hydrogen) atoms. The summed E-state index contributed by atoms with van der Waals surface area (Å²) in [7, 11) is 1.95. The minimum atomic E-state index is -0.285. The van der Waals surface area contributed by atoms with E-state index >= 15 is 0 Å². The van der Waals surface area contributed by atoms with Crippen molar-refractivity contribution in [3.05, 3.63) is 59.7 Å². The lowest BCUT2D eigenvalue weighted by molar-refractivity contribution is 0.0823. The van der Waals surface area contributed by atoms with Gasteiger partial charge in [0.2, 0.25) is 0 Å². The van der Waals surface area contributed by atoms with E-state index in [4.69, 9.17) is 4.74 Å². The second-order valence-corrected chi connectivity index (χ2v) is 6.41. The average molecular weight is 375 g/mol. The van der Waals surface area contributed by atoms with E-state index in [0.717, 1.165) is 44.3 Å². The summed E-state index contributed by atoms with van der Waals surface area (Å²) < 4.78 is 18.0. The first kappa shape index (κ1) is 20.6. The SMILES string of the molecule is CNCC1CCN(C(=O)OCc2ccc(F)cc2)CC1.O=Cc1ccc[nH]1. The fourth-order valence-corrected chi connectivity index (χ4v) is 2.84. The van der Waals surface area contributed by atoms with Crippen LogP contribution in [-0.4, -0.2) is 48.9 Å². The number of hydrogen-bond acceptors (Lipinski definition) is 4. The predicted octanol–water partition coefficient (Wildman–Crippen LogP) is 3.22. The van der Waals surface area contributed by atoms with Crippen LogP contribution in [0.25, 0.3) is 0 Å². The Labute approximate surface area is 158 Å². The Morgan fingerprint density at radius 3 is 2.52 bits per heavy atom. The molecule has 0 spiro atoms. The van der Waals surface area contributed by atoms with Gasteiger partial charge >= 0.3 is 6.09 Å². The molecule has 1 fully saturated rings. The number of aldehydes is 1. The van der Waals surface area contributed by atoms with E-state index in [9.17, 15) is 14.0 Å². The molecule has 146 valence electrons. The van der Waals surface area contributed by atoms with Crippen LogP contribution in [0.5, 0.6) is 0 Å². The van der Waals surface area contributed by atoms with Gasteiger partial charge in [0.25, 0.3) is 0 Å². The van der Waals surface area contributed by atoms with Gasteiger partial charge in [-0.15, -0.1) is 0 Å². The van der Waals surface area contributed by atoms with Gasteiger partial charge in [-0.1, -0.05) is 12.1 Å². The number of carbonyl (C=O) groups excluding carboxylic acids is 2. The number of aromatic amines is 1. The first-order chi connectivity index (χ1) is 13.1. The molecular formula is C20H26FN3O3. The molecule has 0 aliphatic carbocycles. The summed E-state index contributed by atoms with van der Waals surface area (Å²) in [4.78, 5) is 26.2. The number of carbonyl (C=O) groups is 2. The summed E-state index contributed by atoms with van der Waals surface area (Å²) in [5.74, 6) is 0.354. The number of ether oxygens (including phenoxy) is 1. The van der Waals surface area contributed by atoms with Gasteiger partial charge in [-0.25, -0.2) is 9.18 Å². The Hall–Kier alpha value is -2.67. The van der Waals surface area contributed by atoms with Gasteiger partial charge in [-0.05, 0) is 62.2 Å². The number of halogens is 1. The van der Waals surface area contributed by atoms with Crippen LogP contribution in [0.15, 0.2) is 42.6 Å². The monoisotopic (exact) mass is 375 g/mol. The summed E-state index contributed by atoms with van der Waals surface area (Å²) >= 11 is 0. The smallest absolute Gasteiger partial charge is 0.410 e. The number of H-pyrrole nitrogens is 1. The zero-order valence-corrected chi connectivity index (χ0v) is 15.5. The molecule has 2 aromatic rings. The predicted molar refractivity (Wildman–Crippen MR) is 101 cm³/mol. The van der Waals surface area contributed by atoms with Crippen LogP contribution in [0.2, 0.25) is 0 Å². The Balaban J connectivity index is 0.000000313. The maximum atomic E-state index is 12.8. The van der Waals surface area contributed by atoms with E-state index in [1.165, 1.54) is 12.1 Å². The first-order valence-corrected chi connectivity index (χ1v) is 9.01. The molecule has 1 aromatic carbocycles. The van der Waals surface area contributed by atoms with Gasteiger partial charge in [0.1, 0.15) is 12.4 Å². The lowest BCUT2D eigenvalue weighted by Gasteiger charge is -2.31. The second kappa shape index (κ2) is 11.1. The summed E-state index contributed by atoms with van der Waals surface area (Å²) in [6.45, 7) is 2.68. The highest BCUT2D eigenvalue weighted by Gasteiger charge is 2.23. The highest BCUT2D eigenvalue weighted by molar-refractivity contribution is 5.71. The maximum absolute atomic E-state index is 12.8. The van der Waals surface area contributed by atoms with E-state index < -0.39 is 0 Å². The fourth-order valence-electron chi connectivity index (χ4n) is 2.84. The highest BCUT2D eigenvalue weighted by atomic mass is 19.1. The third-order valence-electron chi connectivity index (χ3n) is 4.39. The number of benzene rings is 1. The largest absolute Gasteiger partial charge is 0.445 e. The van der Waals surface area contributed by atoms with Crippen molar-refractivity contribution in [1.82, 2.24) is 15.2 Å². The summed E-state index contributed by atoms with van der Waals surface area (Å²) in [6.07, 6.45) is 4.22. The van der Waals surface area contributed by atoms with Crippen LogP contribution in [0.3, 0.4) is 0 Å². The van der Waals surface area contributed by atoms with Crippen LogP contribution in [0.1, 0.15) is 28.9 Å². The van der Waals surface area contributed by atoms with Crippen molar-refractivity contribution in [2.75, 3.05) is 26.7 Å². The van der Waals surface area contributed by atoms with E-state index in [2.05, 4.69) is 10.3 Å². The standard InChI is InChI=1S/C15H21FN2O2.C5H5NO/c1-17-10-12-6-8-18(9-7-12)15(19)20-11-13-2-4-14(16)5-3-13;7-4-5-2-1-3-6-5/h2-5,12,17H,6-11H2,1H3;1-4,6H. The van der Waals surface area contributed by atoms with Crippen molar-refractivity contribution in [2.45, 2.75) is 19.4 Å². The molecule has 2 heterocycles. The van der Waals surface area contributed by atoms with E-state index in [1.54, 1.807) is 35.4 Å². The quantitative estimate of drug-likeness (QED) is 0.787. The number of amides is 1. The number of nitrogens with zero attached hydrogens (tertiary/aromatic N) is 1. The van der Waals surface area contributed by atoms with Crippen molar-refractivity contribution in [3.63, 3.8) is 0 Å². The highest BCUT2D eigenvalue weighted by Crippen LogP contribution is 2.17. The van der Waals surface area contributed by atoms with Crippen LogP contribution < -0.4 is 5.32 Å². The van der Waals surface area contributed by atoms with Crippen molar-refractivity contribution in [1.29, 1.82) is 0 Å². The average Bonchev–Trinajstić information content (AvgIpc) is 3.23. The molecule has 0 saturated carbocycles. The van der Waals surface area contributed by atoms with Gasteiger partial charge in [0.05, 0.1) is 5.69 Å². The number of likely N-dealkylation sites (tertiary alicyclic amines) is 1. The molecule has 0 radical (unpaired) electrons. The Bertz CT molecular complexity index is 681. The van der Waals surface area contributed by atoms with Crippen molar-refractivity contribution in [2.24, 2.45) is 5.92 Å². The van der Waals surface area contributed by atoms with Crippen molar-refractivity contribution in [3.8, 4) is 0 Å². The molecule has 1 saturated heterocycles. The number of aromatic nitrogens is 1. The van der Waals surface area contributed by atoms with Gasteiger partial charge in [-0.3, -0.25) is 4.79 Å². The topological polar surface area (TPSA) is 74.4 Å². The van der Waals surface area contributed by atoms with E-state index in [1.807, 2.05) is 7.05 Å². The number of hydrogen-bond donors (Lipinski definition) is 2. The van der Waals surface area contributed by atoms with Gasteiger partial charge in [0.15, 0.2) is 6.29 Å². The Morgan fingerprint density at radius 1 is 1.30 bits per heavy atom. The molecule has 0 bridgehead atoms. The molecule has 0 atom stereocenters. The summed E-state index contributed by atoms with van der Waals surface area (Å²) in [5.41, 5.74) is 1.42. The van der Waals surface area contributed by atoms with E-state index in [0.29, 0.717) is 11.6 Å². The molecule has 1 aromatic heterocycles. The Kier molecular flexibility index (Phi) is 8.51. The molecule has 6 nitrogen and oxygen atoms in total. The van der Waals surface area contributed by atoms with Crippen LogP contribution in [0, 0.1) is 11.7 Å². The van der Waals surface area contributed by atoms with Gasteiger partial charge in [-0.2, -0.15) is 0 Å². The molecule has 0 unspecified atom stereocenters. The van der Waals surface area contributed by atoms with Gasteiger partial charge < -0.3 is 19.9 Å². The number of nitrogens with one attached hydrogen (secondary N) is 2. The molecule has 1 aliphatic heterocycles. The van der Waals surface area contributed by atoms with Crippen LogP contribution in [0.4, 0.5) is 9.18 Å². The minimum absolute atomic E-state index is 0.190. The second-order valence-electron chi connectivity index (χ2n) is 6.41. The molecular weight excluding hydrogens is 349 g/mol. The summed E-state index contributed by atoms with van der Waals surface area (Å²) in [6, 6.07) is 9.49. The molecule has 1 aliphatic rings. The van der Waals surface area contributed by atoms with Crippen molar-refractivity contribution >= 4 is 12.4 Å². The normalized spacial score (nSPS) is 14.2. The zero-order valence-electron chi connectivity index (χ0n) is 15.5. The van der Waals surface area contributed by atoms with E-state index in [-0.39, 0.29) is 18.5 Å². The first-order valence-electron chi connectivity index (χ1n) is 9.01. The third kappa shape index (κ3) is 7.22. The lowest BCUT2D eigenvalue weighted by atomic mass is 9.97. The van der Waals surface area contributed by atoms with Crippen LogP contribution >= 0.6 is 0 Å². The zero-order chi connectivity index (χ0) is 19.5.